The SMILES string of the molecule is C=CCCNS(=O)(=O)c1ccc(CCC(=O)O)cc1. The molecule has 0 bridgehead atoms. The monoisotopic (exact) mass is 283 g/mol. The number of carbonyl (C=O) groups is 1. The second-order valence-electron chi connectivity index (χ2n) is 4.01. The van der Waals surface area contributed by atoms with Crippen LogP contribution in [0.4, 0.5) is 0 Å². The number of aryl methyl sites for hydroxylation is 1. The highest BCUT2D eigenvalue weighted by Gasteiger charge is 2.12. The zero-order chi connectivity index (χ0) is 14.3. The van der Waals surface area contributed by atoms with E-state index in [1.54, 1.807) is 18.2 Å². The third kappa shape index (κ3) is 5.23. The molecular formula is C13H17NO4S. The third-order valence-electron chi connectivity index (χ3n) is 2.50. The Hall–Kier alpha value is -1.66. The first-order chi connectivity index (χ1) is 8.95. The van der Waals surface area contributed by atoms with E-state index in [2.05, 4.69) is 11.3 Å². The zero-order valence-corrected chi connectivity index (χ0v) is 11.3. The van der Waals surface area contributed by atoms with Crippen LogP contribution in [0.1, 0.15) is 18.4 Å². The number of hydrogen-bond acceptors (Lipinski definition) is 3. The molecule has 1 aromatic rings. The van der Waals surface area contributed by atoms with Gasteiger partial charge in [0, 0.05) is 13.0 Å². The molecule has 0 fully saturated rings. The number of benzene rings is 1. The van der Waals surface area contributed by atoms with Gasteiger partial charge in [-0.2, -0.15) is 0 Å². The quantitative estimate of drug-likeness (QED) is 0.560. The molecule has 5 nitrogen and oxygen atoms in total. The average molecular weight is 283 g/mol. The molecule has 2 N–H and O–H groups in total. The van der Waals surface area contributed by atoms with Crippen molar-refractivity contribution in [1.82, 2.24) is 4.72 Å². The Morgan fingerprint density at radius 3 is 2.47 bits per heavy atom. The first-order valence-corrected chi connectivity index (χ1v) is 7.35. The maximum atomic E-state index is 11.8. The van der Waals surface area contributed by atoms with E-state index >= 15 is 0 Å². The standard InChI is InChI=1S/C13H17NO4S/c1-2-3-10-14-19(17,18)12-7-4-11(5-8-12)6-9-13(15)16/h2,4-5,7-8,14H,1,3,6,9-10H2,(H,15,16). The van der Waals surface area contributed by atoms with Gasteiger partial charge in [-0.1, -0.05) is 18.2 Å². The largest absolute Gasteiger partial charge is 0.481 e. The first kappa shape index (κ1) is 15.4. The van der Waals surface area contributed by atoms with Crippen LogP contribution in [0.15, 0.2) is 41.8 Å². The van der Waals surface area contributed by atoms with Crippen molar-refractivity contribution in [3.63, 3.8) is 0 Å². The summed E-state index contributed by atoms with van der Waals surface area (Å²) in [6.45, 7) is 3.83. The number of nitrogens with one attached hydrogen (secondary N) is 1. The van der Waals surface area contributed by atoms with Crippen LogP contribution in [-0.2, 0) is 21.2 Å². The van der Waals surface area contributed by atoms with Crippen LogP contribution < -0.4 is 4.72 Å². The van der Waals surface area contributed by atoms with Crippen molar-refractivity contribution in [2.24, 2.45) is 0 Å². The predicted molar refractivity (Wildman–Crippen MR) is 72.4 cm³/mol. The molecule has 0 spiro atoms. The lowest BCUT2D eigenvalue weighted by Gasteiger charge is -2.06. The average Bonchev–Trinajstić information content (AvgIpc) is 2.37. The molecule has 0 saturated carbocycles. The lowest BCUT2D eigenvalue weighted by molar-refractivity contribution is -0.136. The highest BCUT2D eigenvalue weighted by atomic mass is 32.2. The van der Waals surface area contributed by atoms with Gasteiger partial charge in [0.1, 0.15) is 0 Å². The van der Waals surface area contributed by atoms with Gasteiger partial charge in [0.25, 0.3) is 0 Å². The van der Waals surface area contributed by atoms with Gasteiger partial charge in [-0.05, 0) is 30.5 Å². The highest BCUT2D eigenvalue weighted by Crippen LogP contribution is 2.11. The van der Waals surface area contributed by atoms with Crippen LogP contribution in [-0.4, -0.2) is 26.0 Å². The summed E-state index contributed by atoms with van der Waals surface area (Å²) < 4.78 is 26.1. The number of hydrogen-bond donors (Lipinski definition) is 2. The molecule has 0 amide bonds. The minimum atomic E-state index is -3.49. The van der Waals surface area contributed by atoms with Crippen LogP contribution in [0.2, 0.25) is 0 Å². The van der Waals surface area contributed by atoms with Gasteiger partial charge >= 0.3 is 5.97 Å². The molecule has 1 rings (SSSR count). The number of carboxylic acid groups (broad SMARTS) is 1. The molecule has 1 aromatic carbocycles. The van der Waals surface area contributed by atoms with Crippen molar-refractivity contribution in [2.75, 3.05) is 6.54 Å². The Morgan fingerprint density at radius 1 is 1.32 bits per heavy atom. The molecular weight excluding hydrogens is 266 g/mol. The molecule has 104 valence electrons. The zero-order valence-electron chi connectivity index (χ0n) is 10.5. The molecule has 0 aliphatic rings. The van der Waals surface area contributed by atoms with Crippen molar-refractivity contribution in [1.29, 1.82) is 0 Å². The Morgan fingerprint density at radius 2 is 1.95 bits per heavy atom. The second kappa shape index (κ2) is 7.06. The van der Waals surface area contributed by atoms with Gasteiger partial charge in [0.2, 0.25) is 10.0 Å². The van der Waals surface area contributed by atoms with Crippen LogP contribution in [0.3, 0.4) is 0 Å². The number of aliphatic carboxylic acids is 1. The molecule has 0 aromatic heterocycles. The van der Waals surface area contributed by atoms with E-state index in [4.69, 9.17) is 5.11 Å². The van der Waals surface area contributed by atoms with Crippen molar-refractivity contribution in [2.45, 2.75) is 24.2 Å². The Kier molecular flexibility index (Phi) is 5.72. The molecule has 0 aliphatic heterocycles. The summed E-state index contributed by atoms with van der Waals surface area (Å²) in [6, 6.07) is 6.22. The van der Waals surface area contributed by atoms with E-state index in [9.17, 15) is 13.2 Å². The summed E-state index contributed by atoms with van der Waals surface area (Å²) in [7, 11) is -3.49. The normalized spacial score (nSPS) is 11.2. The fourth-order valence-corrected chi connectivity index (χ4v) is 2.51. The fraction of sp³-hybridized carbons (Fsp3) is 0.308. The van der Waals surface area contributed by atoms with E-state index in [-0.39, 0.29) is 11.3 Å². The van der Waals surface area contributed by atoms with Crippen LogP contribution in [0, 0.1) is 0 Å². The second-order valence-corrected chi connectivity index (χ2v) is 5.78. The van der Waals surface area contributed by atoms with Gasteiger partial charge in [-0.3, -0.25) is 4.79 Å². The van der Waals surface area contributed by atoms with Gasteiger partial charge in [-0.25, -0.2) is 13.1 Å². The molecule has 0 radical (unpaired) electrons. The summed E-state index contributed by atoms with van der Waals surface area (Å²) in [5.41, 5.74) is 0.799. The van der Waals surface area contributed by atoms with Gasteiger partial charge in [0.05, 0.1) is 4.90 Å². The number of sulfonamides is 1. The minimum Gasteiger partial charge on any atom is -0.481 e. The molecule has 0 aliphatic carbocycles. The molecule has 0 atom stereocenters. The maximum Gasteiger partial charge on any atom is 0.303 e. The lowest BCUT2D eigenvalue weighted by atomic mass is 10.1. The smallest absolute Gasteiger partial charge is 0.303 e. The maximum absolute atomic E-state index is 11.8. The van der Waals surface area contributed by atoms with Crippen molar-refractivity contribution in [3.05, 3.63) is 42.5 Å². The van der Waals surface area contributed by atoms with Gasteiger partial charge < -0.3 is 5.11 Å². The minimum absolute atomic E-state index is 0.0314. The molecule has 0 heterocycles. The molecule has 0 saturated heterocycles. The molecule has 6 heteroatoms. The third-order valence-corrected chi connectivity index (χ3v) is 3.98. The van der Waals surface area contributed by atoms with E-state index in [1.807, 2.05) is 0 Å². The van der Waals surface area contributed by atoms with Crippen molar-refractivity contribution < 1.29 is 18.3 Å². The first-order valence-electron chi connectivity index (χ1n) is 5.87. The van der Waals surface area contributed by atoms with E-state index in [0.29, 0.717) is 19.4 Å². The summed E-state index contributed by atoms with van der Waals surface area (Å²) in [5.74, 6) is -0.872. The Balaban J connectivity index is 2.69. The number of carboxylic acids is 1. The summed E-state index contributed by atoms with van der Waals surface area (Å²) in [6.07, 6.45) is 2.62. The fourth-order valence-electron chi connectivity index (χ4n) is 1.47. The van der Waals surface area contributed by atoms with Gasteiger partial charge in [0.15, 0.2) is 0 Å². The summed E-state index contributed by atoms with van der Waals surface area (Å²) >= 11 is 0. The highest BCUT2D eigenvalue weighted by molar-refractivity contribution is 7.89. The van der Waals surface area contributed by atoms with E-state index in [0.717, 1.165) is 5.56 Å². The Labute approximate surface area is 113 Å². The van der Waals surface area contributed by atoms with E-state index < -0.39 is 16.0 Å². The topological polar surface area (TPSA) is 83.5 Å². The molecule has 19 heavy (non-hydrogen) atoms. The summed E-state index contributed by atoms with van der Waals surface area (Å²) in [4.78, 5) is 10.6. The molecule has 0 unspecified atom stereocenters. The van der Waals surface area contributed by atoms with Crippen LogP contribution >= 0.6 is 0 Å². The van der Waals surface area contributed by atoms with Crippen LogP contribution in [0.25, 0.3) is 0 Å². The van der Waals surface area contributed by atoms with Crippen molar-refractivity contribution >= 4 is 16.0 Å². The lowest BCUT2D eigenvalue weighted by Crippen LogP contribution is -2.24. The number of rotatable bonds is 8. The van der Waals surface area contributed by atoms with E-state index in [1.165, 1.54) is 12.1 Å². The van der Waals surface area contributed by atoms with Gasteiger partial charge in [-0.15, -0.1) is 6.58 Å². The van der Waals surface area contributed by atoms with Crippen molar-refractivity contribution in [3.8, 4) is 0 Å². The Bertz CT molecular complexity index is 534. The predicted octanol–water partition coefficient (Wildman–Crippen LogP) is 1.56. The summed E-state index contributed by atoms with van der Waals surface area (Å²) in [5, 5.41) is 8.57. The van der Waals surface area contributed by atoms with Crippen LogP contribution in [0.5, 0.6) is 0 Å².